The fourth-order valence-corrected chi connectivity index (χ4v) is 5.57. The predicted octanol–water partition coefficient (Wildman–Crippen LogP) is 4.92. The zero-order chi connectivity index (χ0) is 27.0. The third-order valence-electron chi connectivity index (χ3n) is 7.72. The number of aliphatic hydroxyl groups is 1. The Kier molecular flexibility index (Phi) is 9.91. The number of carbonyl (C=O) groups is 1. The molecule has 2 saturated heterocycles. The van der Waals surface area contributed by atoms with Crippen LogP contribution >= 0.6 is 0 Å². The molecule has 1 amide bonds. The molecule has 2 fully saturated rings. The van der Waals surface area contributed by atoms with Crippen LogP contribution in [-0.2, 0) is 11.3 Å². The number of benzene rings is 2. The smallest absolute Gasteiger partial charge is 0.406 e. The summed E-state index contributed by atoms with van der Waals surface area (Å²) in [5.41, 5.74) is 2.15. The maximum atomic E-state index is 13.3. The van der Waals surface area contributed by atoms with Gasteiger partial charge in [0.1, 0.15) is 5.75 Å². The van der Waals surface area contributed by atoms with Gasteiger partial charge in [0.2, 0.25) is 5.91 Å². The van der Waals surface area contributed by atoms with E-state index in [9.17, 15) is 23.1 Å². The molecule has 0 spiro atoms. The number of hydrogen-bond acceptors (Lipinski definition) is 5. The van der Waals surface area contributed by atoms with Crippen molar-refractivity contribution < 1.29 is 27.8 Å². The van der Waals surface area contributed by atoms with Gasteiger partial charge in [-0.2, -0.15) is 0 Å². The lowest BCUT2D eigenvalue weighted by atomic mass is 9.92. The van der Waals surface area contributed by atoms with Crippen LogP contribution in [0.5, 0.6) is 5.75 Å². The summed E-state index contributed by atoms with van der Waals surface area (Å²) in [6, 6.07) is 16.4. The lowest BCUT2D eigenvalue weighted by Gasteiger charge is -2.36. The van der Waals surface area contributed by atoms with Crippen LogP contribution in [0.15, 0.2) is 54.6 Å². The van der Waals surface area contributed by atoms with E-state index in [4.69, 9.17) is 0 Å². The van der Waals surface area contributed by atoms with Crippen molar-refractivity contribution in [2.24, 2.45) is 11.8 Å². The van der Waals surface area contributed by atoms with Crippen molar-refractivity contribution in [2.45, 2.75) is 45.0 Å². The summed E-state index contributed by atoms with van der Waals surface area (Å²) in [4.78, 5) is 19.7. The molecule has 6 nitrogen and oxygen atoms in total. The summed E-state index contributed by atoms with van der Waals surface area (Å²) in [5.74, 6) is 0.350. The fourth-order valence-electron chi connectivity index (χ4n) is 5.57. The molecule has 0 unspecified atom stereocenters. The first-order valence-corrected chi connectivity index (χ1v) is 13.6. The highest BCUT2D eigenvalue weighted by Gasteiger charge is 2.32. The quantitative estimate of drug-likeness (QED) is 0.470. The van der Waals surface area contributed by atoms with Gasteiger partial charge in [-0.15, -0.1) is 13.2 Å². The van der Waals surface area contributed by atoms with Crippen LogP contribution in [-0.4, -0.2) is 73.1 Å². The predicted molar refractivity (Wildman–Crippen MR) is 141 cm³/mol. The number of alkyl halides is 3. The van der Waals surface area contributed by atoms with Gasteiger partial charge in [-0.25, -0.2) is 0 Å². The average Bonchev–Trinajstić information content (AvgIpc) is 2.92. The largest absolute Gasteiger partial charge is 0.573 e. The van der Waals surface area contributed by atoms with Crippen LogP contribution in [0.25, 0.3) is 0 Å². The number of carbonyl (C=O) groups excluding carboxylic acids is 1. The Balaban J connectivity index is 1.21. The second-order valence-corrected chi connectivity index (χ2v) is 10.3. The summed E-state index contributed by atoms with van der Waals surface area (Å²) in [7, 11) is 0. The maximum absolute atomic E-state index is 13.3. The van der Waals surface area contributed by atoms with Gasteiger partial charge in [-0.3, -0.25) is 9.69 Å². The van der Waals surface area contributed by atoms with E-state index in [2.05, 4.69) is 38.8 Å². The second kappa shape index (κ2) is 13.3. The number of halogens is 3. The molecule has 2 aliphatic heterocycles. The molecule has 208 valence electrons. The highest BCUT2D eigenvalue weighted by Crippen LogP contribution is 2.29. The maximum Gasteiger partial charge on any atom is 0.573 e. The standard InChI is InChI=1S/C29H38F3N3O3/c30-29(31,32)38-27-8-6-26(7-9-27)34-18-13-25(14-19-34)28(37)35(20-21-36)17-12-23-10-15-33(16-11-23)22-24-4-2-1-3-5-24/h1-9,23,25,36H,10-22H2. The van der Waals surface area contributed by atoms with Crippen molar-refractivity contribution in [3.05, 3.63) is 60.2 Å². The van der Waals surface area contributed by atoms with Crippen LogP contribution in [0.1, 0.15) is 37.7 Å². The minimum Gasteiger partial charge on any atom is -0.406 e. The number of ether oxygens (including phenoxy) is 1. The minimum atomic E-state index is -4.71. The highest BCUT2D eigenvalue weighted by atomic mass is 19.4. The van der Waals surface area contributed by atoms with E-state index in [1.54, 1.807) is 12.1 Å². The summed E-state index contributed by atoms with van der Waals surface area (Å²) < 4.78 is 41.1. The summed E-state index contributed by atoms with van der Waals surface area (Å²) >= 11 is 0. The van der Waals surface area contributed by atoms with Gasteiger partial charge in [0, 0.05) is 44.3 Å². The van der Waals surface area contributed by atoms with Gasteiger partial charge in [-0.05, 0) is 80.9 Å². The molecule has 2 aromatic carbocycles. The number of likely N-dealkylation sites (tertiary alicyclic amines) is 1. The van der Waals surface area contributed by atoms with E-state index in [-0.39, 0.29) is 24.2 Å². The second-order valence-electron chi connectivity index (χ2n) is 10.3. The van der Waals surface area contributed by atoms with E-state index < -0.39 is 6.36 Å². The molecule has 4 rings (SSSR count). The van der Waals surface area contributed by atoms with E-state index in [1.165, 1.54) is 17.7 Å². The van der Waals surface area contributed by atoms with E-state index in [0.29, 0.717) is 44.9 Å². The Morgan fingerprint density at radius 2 is 1.58 bits per heavy atom. The summed E-state index contributed by atoms with van der Waals surface area (Å²) in [5, 5.41) is 9.59. The van der Waals surface area contributed by atoms with Crippen molar-refractivity contribution in [2.75, 3.05) is 50.8 Å². The third-order valence-corrected chi connectivity index (χ3v) is 7.72. The Bertz CT molecular complexity index is 988. The monoisotopic (exact) mass is 533 g/mol. The number of rotatable bonds is 10. The number of hydrogen-bond donors (Lipinski definition) is 1. The highest BCUT2D eigenvalue weighted by molar-refractivity contribution is 5.79. The first kappa shape index (κ1) is 28.2. The number of aliphatic hydroxyl groups excluding tert-OH is 1. The van der Waals surface area contributed by atoms with Gasteiger partial charge >= 0.3 is 6.36 Å². The van der Waals surface area contributed by atoms with Crippen LogP contribution in [0.3, 0.4) is 0 Å². The molecule has 9 heteroatoms. The van der Waals surface area contributed by atoms with Crippen molar-refractivity contribution in [1.29, 1.82) is 0 Å². The molecule has 2 aliphatic rings. The molecule has 0 aliphatic carbocycles. The third kappa shape index (κ3) is 8.36. The number of piperidine rings is 2. The van der Waals surface area contributed by atoms with Gasteiger partial charge in [-0.1, -0.05) is 30.3 Å². The van der Waals surface area contributed by atoms with Crippen molar-refractivity contribution in [3.8, 4) is 5.75 Å². The zero-order valence-corrected chi connectivity index (χ0v) is 21.8. The zero-order valence-electron chi connectivity index (χ0n) is 21.8. The topological polar surface area (TPSA) is 56.3 Å². The van der Waals surface area contributed by atoms with Crippen molar-refractivity contribution in [3.63, 3.8) is 0 Å². The fraction of sp³-hybridized carbons (Fsp3) is 0.552. The number of amides is 1. The SMILES string of the molecule is O=C(C1CCN(c2ccc(OC(F)(F)F)cc2)CC1)N(CCO)CCC1CCN(Cc2ccccc2)CC1. The minimum absolute atomic E-state index is 0.0492. The Hall–Kier alpha value is -2.78. The first-order chi connectivity index (χ1) is 18.3. The van der Waals surface area contributed by atoms with Crippen molar-refractivity contribution >= 4 is 11.6 Å². The van der Waals surface area contributed by atoms with Crippen LogP contribution in [0.4, 0.5) is 18.9 Å². The van der Waals surface area contributed by atoms with Crippen LogP contribution in [0.2, 0.25) is 0 Å². The Labute approximate surface area is 223 Å². The molecule has 0 bridgehead atoms. The van der Waals surface area contributed by atoms with E-state index in [0.717, 1.165) is 44.6 Å². The lowest BCUT2D eigenvalue weighted by molar-refractivity contribution is -0.274. The van der Waals surface area contributed by atoms with Crippen molar-refractivity contribution in [1.82, 2.24) is 9.80 Å². The first-order valence-electron chi connectivity index (χ1n) is 13.6. The Morgan fingerprint density at radius 3 is 2.18 bits per heavy atom. The van der Waals surface area contributed by atoms with Gasteiger partial charge in [0.05, 0.1) is 6.61 Å². The van der Waals surface area contributed by atoms with E-state index in [1.807, 2.05) is 11.0 Å². The molecule has 1 N–H and O–H groups in total. The summed E-state index contributed by atoms with van der Waals surface area (Å²) in [6.07, 6.45) is -0.145. The molecule has 2 aromatic rings. The lowest BCUT2D eigenvalue weighted by Crippen LogP contribution is -2.44. The molecule has 0 saturated carbocycles. The van der Waals surface area contributed by atoms with Gasteiger partial charge in [0.25, 0.3) is 0 Å². The number of anilines is 1. The summed E-state index contributed by atoms with van der Waals surface area (Å²) in [6.45, 7) is 5.39. The number of nitrogens with zero attached hydrogens (tertiary/aromatic N) is 3. The molecule has 0 radical (unpaired) electrons. The Morgan fingerprint density at radius 1 is 0.921 bits per heavy atom. The normalized spacial score (nSPS) is 17.9. The van der Waals surface area contributed by atoms with Gasteiger partial charge < -0.3 is 19.6 Å². The molecule has 0 aromatic heterocycles. The molecular weight excluding hydrogens is 495 g/mol. The van der Waals surface area contributed by atoms with E-state index >= 15 is 0 Å². The molecule has 2 heterocycles. The van der Waals surface area contributed by atoms with Crippen LogP contribution in [0, 0.1) is 11.8 Å². The molecule has 38 heavy (non-hydrogen) atoms. The molecular formula is C29H38F3N3O3. The van der Waals surface area contributed by atoms with Gasteiger partial charge in [0.15, 0.2) is 0 Å². The van der Waals surface area contributed by atoms with Crippen LogP contribution < -0.4 is 9.64 Å². The average molecular weight is 534 g/mol. The molecule has 0 atom stereocenters.